The molecule has 1 fully saturated rings. The molecule has 0 N–H and O–H groups in total. The van der Waals surface area contributed by atoms with Gasteiger partial charge in [0.05, 0.1) is 15.9 Å². The van der Waals surface area contributed by atoms with Gasteiger partial charge in [-0.3, -0.25) is 4.79 Å². The van der Waals surface area contributed by atoms with Crippen molar-refractivity contribution in [2.45, 2.75) is 0 Å². The van der Waals surface area contributed by atoms with Crippen molar-refractivity contribution in [1.29, 1.82) is 0 Å². The highest BCUT2D eigenvalue weighted by Crippen LogP contribution is 2.24. The van der Waals surface area contributed by atoms with E-state index in [4.69, 9.17) is 0 Å². The molecule has 5 rings (SSSR count). The van der Waals surface area contributed by atoms with Crippen LogP contribution in [0.3, 0.4) is 0 Å². The van der Waals surface area contributed by atoms with Crippen LogP contribution in [0.2, 0.25) is 0 Å². The zero-order chi connectivity index (χ0) is 19.6. The van der Waals surface area contributed by atoms with Gasteiger partial charge in [-0.25, -0.2) is 4.98 Å². The van der Waals surface area contributed by atoms with Crippen LogP contribution in [0.5, 0.6) is 0 Å². The van der Waals surface area contributed by atoms with Gasteiger partial charge in [0, 0.05) is 31.9 Å². The third kappa shape index (κ3) is 4.21. The molecule has 0 aliphatic carbocycles. The zero-order valence-electron chi connectivity index (χ0n) is 16.1. The lowest BCUT2D eigenvalue weighted by molar-refractivity contribution is 0.0693. The summed E-state index contributed by atoms with van der Waals surface area (Å²) < 4.78 is 1.05. The molecule has 0 radical (unpaired) electrons. The highest BCUT2D eigenvalue weighted by molar-refractivity contribution is 8.14. The van der Waals surface area contributed by atoms with E-state index in [9.17, 15) is 4.79 Å². The first kappa shape index (κ1) is 20.8. The molecule has 1 amide bonds. The van der Waals surface area contributed by atoms with Crippen molar-refractivity contribution < 1.29 is 4.79 Å². The largest absolute Gasteiger partial charge is 0.346 e. The number of piperazine rings is 1. The Morgan fingerprint density at radius 2 is 1.63 bits per heavy atom. The molecule has 0 unspecified atom stereocenters. The van der Waals surface area contributed by atoms with E-state index in [0.717, 1.165) is 45.5 Å². The maximum Gasteiger partial charge on any atom is 0.282 e. The summed E-state index contributed by atoms with van der Waals surface area (Å²) >= 11 is 3.18. The third-order valence-corrected chi connectivity index (χ3v) is 7.06. The molecule has 1 aromatic heterocycles. The minimum atomic E-state index is 0. The van der Waals surface area contributed by atoms with E-state index in [1.54, 1.807) is 11.8 Å². The number of carbonyl (C=O) groups is 1. The molecule has 9 heteroatoms. The molecule has 154 valence electrons. The second kappa shape index (κ2) is 9.16. The van der Waals surface area contributed by atoms with Gasteiger partial charge in [0.1, 0.15) is 0 Å². The van der Waals surface area contributed by atoms with Gasteiger partial charge in [-0.1, -0.05) is 54.2 Å². The molecule has 2 aliphatic heterocycles. The topological polar surface area (TPSA) is 61.2 Å². The fourth-order valence-electron chi connectivity index (χ4n) is 3.42. The first-order valence-electron chi connectivity index (χ1n) is 9.50. The van der Waals surface area contributed by atoms with Crippen LogP contribution in [-0.2, 0) is 0 Å². The van der Waals surface area contributed by atoms with E-state index in [2.05, 4.69) is 32.2 Å². The fraction of sp³-hybridized carbons (Fsp3) is 0.238. The highest BCUT2D eigenvalue weighted by Gasteiger charge is 2.27. The number of amides is 1. The van der Waals surface area contributed by atoms with E-state index in [-0.39, 0.29) is 18.3 Å². The number of para-hydroxylation sites is 1. The Bertz CT molecular complexity index is 1070. The summed E-state index contributed by atoms with van der Waals surface area (Å²) in [6.45, 7) is 2.87. The lowest BCUT2D eigenvalue weighted by Crippen LogP contribution is -2.50. The lowest BCUT2D eigenvalue weighted by atomic mass is 10.1. The molecule has 2 aromatic carbocycles. The second-order valence-corrected chi connectivity index (χ2v) is 8.82. The van der Waals surface area contributed by atoms with Gasteiger partial charge in [-0.2, -0.15) is 5.10 Å². The quantitative estimate of drug-likeness (QED) is 0.584. The minimum absolute atomic E-state index is 0. The lowest BCUT2D eigenvalue weighted by Gasteiger charge is -2.36. The number of thiazole rings is 1. The van der Waals surface area contributed by atoms with Crippen molar-refractivity contribution in [3.8, 4) is 0 Å². The summed E-state index contributed by atoms with van der Waals surface area (Å²) in [7, 11) is 0. The summed E-state index contributed by atoms with van der Waals surface area (Å²) in [5.41, 5.74) is 3.01. The molecule has 3 heterocycles. The predicted molar refractivity (Wildman–Crippen MR) is 127 cm³/mol. The first-order chi connectivity index (χ1) is 14.3. The van der Waals surface area contributed by atoms with Crippen LogP contribution in [0, 0.1) is 0 Å². The van der Waals surface area contributed by atoms with Crippen molar-refractivity contribution in [3.05, 3.63) is 65.2 Å². The van der Waals surface area contributed by atoms with Gasteiger partial charge in [0.25, 0.3) is 5.91 Å². The van der Waals surface area contributed by atoms with Crippen molar-refractivity contribution >= 4 is 62.5 Å². The number of halogens is 1. The summed E-state index contributed by atoms with van der Waals surface area (Å²) in [6, 6.07) is 18.0. The average molecular weight is 458 g/mol. The number of hydrogen-bond acceptors (Lipinski definition) is 7. The van der Waals surface area contributed by atoms with Crippen LogP contribution in [-0.4, -0.2) is 63.5 Å². The summed E-state index contributed by atoms with van der Waals surface area (Å²) in [5, 5.41) is 10.4. The predicted octanol–water partition coefficient (Wildman–Crippen LogP) is 3.98. The van der Waals surface area contributed by atoms with Crippen LogP contribution >= 0.6 is 35.5 Å². The highest BCUT2D eigenvalue weighted by atomic mass is 35.5. The van der Waals surface area contributed by atoms with E-state index in [0.29, 0.717) is 18.1 Å². The number of hydrogen-bond donors (Lipinski definition) is 0. The number of amidine groups is 1. The number of aromatic nitrogens is 1. The Hall–Kier alpha value is -2.42. The van der Waals surface area contributed by atoms with Gasteiger partial charge in [0.2, 0.25) is 0 Å². The molecular weight excluding hydrogens is 438 g/mol. The van der Waals surface area contributed by atoms with Crippen LogP contribution in [0.25, 0.3) is 10.2 Å². The van der Waals surface area contributed by atoms with Crippen LogP contribution < -0.4 is 0 Å². The fourth-order valence-corrected chi connectivity index (χ4v) is 5.31. The standard InChI is InChI=1S/C21H19N5OS2.ClH/c27-20(19-22-16-8-4-5-9-18(16)29-19)25-10-12-26(13-11-25)21-24-23-17(14-28-21)15-6-2-1-3-7-15;/h1-9H,10-14H2;1H. The molecule has 30 heavy (non-hydrogen) atoms. The van der Waals surface area contributed by atoms with Crippen LogP contribution in [0.1, 0.15) is 15.4 Å². The second-order valence-electron chi connectivity index (χ2n) is 6.85. The third-order valence-electron chi connectivity index (χ3n) is 5.02. The van der Waals surface area contributed by atoms with Crippen molar-refractivity contribution in [2.24, 2.45) is 10.2 Å². The van der Waals surface area contributed by atoms with Gasteiger partial charge in [-0.15, -0.1) is 28.8 Å². The van der Waals surface area contributed by atoms with Crippen molar-refractivity contribution in [1.82, 2.24) is 14.8 Å². The summed E-state index contributed by atoms with van der Waals surface area (Å²) in [4.78, 5) is 21.5. The molecule has 2 aliphatic rings. The molecule has 1 saturated heterocycles. The van der Waals surface area contributed by atoms with Crippen LogP contribution in [0.15, 0.2) is 64.8 Å². The molecule has 0 bridgehead atoms. The maximum atomic E-state index is 12.9. The molecule has 0 atom stereocenters. The Kier molecular flexibility index (Phi) is 6.36. The first-order valence-corrected chi connectivity index (χ1v) is 11.3. The Morgan fingerprint density at radius 1 is 0.900 bits per heavy atom. The molecule has 0 saturated carbocycles. The molecule has 6 nitrogen and oxygen atoms in total. The van der Waals surface area contributed by atoms with Gasteiger partial charge >= 0.3 is 0 Å². The molecular formula is C21H20ClN5OS2. The van der Waals surface area contributed by atoms with Crippen molar-refractivity contribution in [3.63, 3.8) is 0 Å². The van der Waals surface area contributed by atoms with Gasteiger partial charge < -0.3 is 9.80 Å². The van der Waals surface area contributed by atoms with Crippen LogP contribution in [0.4, 0.5) is 0 Å². The number of rotatable bonds is 2. The maximum absolute atomic E-state index is 12.9. The Labute approximate surface area is 189 Å². The van der Waals surface area contributed by atoms with Crippen molar-refractivity contribution in [2.75, 3.05) is 31.9 Å². The summed E-state index contributed by atoms with van der Waals surface area (Å²) in [5.74, 6) is 0.835. The number of thioether (sulfide) groups is 1. The Morgan fingerprint density at radius 3 is 2.33 bits per heavy atom. The number of benzene rings is 2. The number of nitrogens with zero attached hydrogens (tertiary/aromatic N) is 5. The summed E-state index contributed by atoms with van der Waals surface area (Å²) in [6.07, 6.45) is 0. The molecule has 3 aromatic rings. The SMILES string of the molecule is Cl.O=C(c1nc2ccccc2s1)N1CCN(C2=NN=C(c3ccccc3)CS2)CC1. The van der Waals surface area contributed by atoms with Gasteiger partial charge in [0.15, 0.2) is 10.2 Å². The normalized spacial score (nSPS) is 16.7. The van der Waals surface area contributed by atoms with E-state index >= 15 is 0 Å². The van der Waals surface area contributed by atoms with E-state index in [1.165, 1.54) is 11.3 Å². The average Bonchev–Trinajstić information content (AvgIpc) is 3.24. The van der Waals surface area contributed by atoms with Gasteiger partial charge in [-0.05, 0) is 17.7 Å². The number of fused-ring (bicyclic) bond motifs is 1. The Balaban J connectivity index is 0.00000218. The zero-order valence-corrected chi connectivity index (χ0v) is 18.6. The smallest absolute Gasteiger partial charge is 0.282 e. The minimum Gasteiger partial charge on any atom is -0.346 e. The number of carbonyl (C=O) groups excluding carboxylic acids is 1. The van der Waals surface area contributed by atoms with E-state index < -0.39 is 0 Å². The van der Waals surface area contributed by atoms with E-state index in [1.807, 2.05) is 47.4 Å². The molecule has 0 spiro atoms. The monoisotopic (exact) mass is 457 g/mol.